The van der Waals surface area contributed by atoms with Crippen LogP contribution in [0.2, 0.25) is 0 Å². The minimum absolute atomic E-state index is 0.236. The van der Waals surface area contributed by atoms with E-state index >= 15 is 0 Å². The Balaban J connectivity index is 1.52. The van der Waals surface area contributed by atoms with E-state index in [9.17, 15) is 4.79 Å². The number of likely N-dealkylation sites (tertiary alicyclic amines) is 1. The Morgan fingerprint density at radius 3 is 2.48 bits per heavy atom. The van der Waals surface area contributed by atoms with Crippen LogP contribution in [0.4, 0.5) is 11.4 Å². The highest BCUT2D eigenvalue weighted by Crippen LogP contribution is 2.22. The summed E-state index contributed by atoms with van der Waals surface area (Å²) in [6.45, 7) is 5.84. The van der Waals surface area contributed by atoms with Crippen molar-refractivity contribution in [3.05, 3.63) is 24.3 Å². The molecular weight excluding hydrogens is 286 g/mol. The monoisotopic (exact) mass is 315 g/mol. The number of nitrogens with one attached hydrogen (secondary N) is 1. The molecular formula is C19H29N3O. The van der Waals surface area contributed by atoms with Gasteiger partial charge in [-0.25, -0.2) is 0 Å². The maximum absolute atomic E-state index is 12.5. The third kappa shape index (κ3) is 3.98. The summed E-state index contributed by atoms with van der Waals surface area (Å²) in [6, 6.07) is 8.94. The molecule has 4 nitrogen and oxygen atoms in total. The fourth-order valence-corrected chi connectivity index (χ4v) is 3.80. The van der Waals surface area contributed by atoms with E-state index in [-0.39, 0.29) is 5.91 Å². The van der Waals surface area contributed by atoms with E-state index in [1.54, 1.807) is 0 Å². The lowest BCUT2D eigenvalue weighted by Gasteiger charge is -2.35. The summed E-state index contributed by atoms with van der Waals surface area (Å²) in [5.74, 6) is 0.236. The SMILES string of the molecule is CCC1CCCCN1C(=O)CNc1ccc(N2CCCC2)cc1. The van der Waals surface area contributed by atoms with Gasteiger partial charge < -0.3 is 15.1 Å². The van der Waals surface area contributed by atoms with Crippen molar-refractivity contribution in [3.63, 3.8) is 0 Å². The van der Waals surface area contributed by atoms with E-state index in [2.05, 4.69) is 46.3 Å². The molecule has 23 heavy (non-hydrogen) atoms. The molecule has 0 spiro atoms. The molecule has 2 aliphatic heterocycles. The van der Waals surface area contributed by atoms with Crippen LogP contribution in [-0.2, 0) is 4.79 Å². The quantitative estimate of drug-likeness (QED) is 0.903. The van der Waals surface area contributed by atoms with Gasteiger partial charge in [-0.2, -0.15) is 0 Å². The van der Waals surface area contributed by atoms with Crippen molar-refractivity contribution in [2.24, 2.45) is 0 Å². The second-order valence-corrected chi connectivity index (χ2v) is 6.74. The summed E-state index contributed by atoms with van der Waals surface area (Å²) in [7, 11) is 0. The van der Waals surface area contributed by atoms with Crippen LogP contribution in [0.1, 0.15) is 45.4 Å². The van der Waals surface area contributed by atoms with Crippen LogP contribution in [0.5, 0.6) is 0 Å². The number of nitrogens with zero attached hydrogens (tertiary/aromatic N) is 2. The zero-order chi connectivity index (χ0) is 16.1. The Morgan fingerprint density at radius 2 is 1.78 bits per heavy atom. The average molecular weight is 315 g/mol. The maximum atomic E-state index is 12.5. The van der Waals surface area contributed by atoms with Gasteiger partial charge in [0.25, 0.3) is 0 Å². The van der Waals surface area contributed by atoms with E-state index in [0.29, 0.717) is 12.6 Å². The molecule has 0 bridgehead atoms. The number of anilines is 2. The molecule has 1 aromatic rings. The van der Waals surface area contributed by atoms with Crippen LogP contribution >= 0.6 is 0 Å². The molecule has 2 fully saturated rings. The van der Waals surface area contributed by atoms with Gasteiger partial charge in [0.05, 0.1) is 6.54 Å². The summed E-state index contributed by atoms with van der Waals surface area (Å²) >= 11 is 0. The van der Waals surface area contributed by atoms with Crippen LogP contribution in [0.3, 0.4) is 0 Å². The third-order valence-electron chi connectivity index (χ3n) is 5.20. The summed E-state index contributed by atoms with van der Waals surface area (Å²) in [5, 5.41) is 3.29. The van der Waals surface area contributed by atoms with Crippen LogP contribution in [-0.4, -0.2) is 43.0 Å². The smallest absolute Gasteiger partial charge is 0.242 e. The molecule has 1 N–H and O–H groups in total. The zero-order valence-electron chi connectivity index (χ0n) is 14.3. The number of amides is 1. The highest BCUT2D eigenvalue weighted by Gasteiger charge is 2.24. The van der Waals surface area contributed by atoms with Gasteiger partial charge in [0.1, 0.15) is 0 Å². The molecule has 4 heteroatoms. The van der Waals surface area contributed by atoms with Gasteiger partial charge in [0, 0.05) is 37.1 Å². The number of hydrogen-bond acceptors (Lipinski definition) is 3. The average Bonchev–Trinajstić information content (AvgIpc) is 3.14. The standard InChI is InChI=1S/C19H29N3O/c1-2-17-7-3-4-14-22(17)19(23)15-20-16-8-10-18(11-9-16)21-12-5-6-13-21/h8-11,17,20H,2-7,12-15H2,1H3. The molecule has 1 unspecified atom stereocenters. The van der Waals surface area contributed by atoms with Crippen molar-refractivity contribution < 1.29 is 4.79 Å². The van der Waals surface area contributed by atoms with Crippen molar-refractivity contribution in [3.8, 4) is 0 Å². The summed E-state index contributed by atoms with van der Waals surface area (Å²) < 4.78 is 0. The second kappa shape index (κ2) is 7.71. The van der Waals surface area contributed by atoms with E-state index in [1.807, 2.05) is 0 Å². The number of piperidine rings is 1. The summed E-state index contributed by atoms with van der Waals surface area (Å²) in [5.41, 5.74) is 2.33. The molecule has 1 amide bonds. The lowest BCUT2D eigenvalue weighted by molar-refractivity contribution is -0.133. The van der Waals surface area contributed by atoms with Crippen LogP contribution in [0, 0.1) is 0 Å². The molecule has 0 aliphatic carbocycles. The number of hydrogen-bond donors (Lipinski definition) is 1. The van der Waals surface area contributed by atoms with Gasteiger partial charge >= 0.3 is 0 Å². The maximum Gasteiger partial charge on any atom is 0.242 e. The zero-order valence-corrected chi connectivity index (χ0v) is 14.3. The lowest BCUT2D eigenvalue weighted by atomic mass is 10.00. The Hall–Kier alpha value is -1.71. The van der Waals surface area contributed by atoms with Crippen molar-refractivity contribution in [2.45, 2.75) is 51.5 Å². The van der Waals surface area contributed by atoms with Gasteiger partial charge in [-0.05, 0) is 62.8 Å². The molecule has 1 atom stereocenters. The van der Waals surface area contributed by atoms with Crippen molar-refractivity contribution in [2.75, 3.05) is 36.4 Å². The molecule has 0 saturated carbocycles. The number of carbonyl (C=O) groups is 1. The van der Waals surface area contributed by atoms with Crippen molar-refractivity contribution >= 4 is 17.3 Å². The lowest BCUT2D eigenvalue weighted by Crippen LogP contribution is -2.45. The molecule has 0 radical (unpaired) electrons. The van der Waals surface area contributed by atoms with Gasteiger partial charge in [-0.3, -0.25) is 4.79 Å². The van der Waals surface area contributed by atoms with E-state index < -0.39 is 0 Å². The Morgan fingerprint density at radius 1 is 1.09 bits per heavy atom. The highest BCUT2D eigenvalue weighted by atomic mass is 16.2. The Kier molecular flexibility index (Phi) is 5.42. The topological polar surface area (TPSA) is 35.6 Å². The van der Waals surface area contributed by atoms with Gasteiger partial charge in [0.2, 0.25) is 5.91 Å². The molecule has 0 aromatic heterocycles. The summed E-state index contributed by atoms with van der Waals surface area (Å²) in [6.07, 6.45) is 7.22. The largest absolute Gasteiger partial charge is 0.376 e. The number of benzene rings is 1. The summed E-state index contributed by atoms with van der Waals surface area (Å²) in [4.78, 5) is 17.0. The van der Waals surface area contributed by atoms with Crippen molar-refractivity contribution in [1.29, 1.82) is 0 Å². The second-order valence-electron chi connectivity index (χ2n) is 6.74. The minimum atomic E-state index is 0.236. The molecule has 3 rings (SSSR count). The van der Waals surface area contributed by atoms with Gasteiger partial charge in [-0.15, -0.1) is 0 Å². The fraction of sp³-hybridized carbons (Fsp3) is 0.632. The first kappa shape index (κ1) is 16.2. The molecule has 1 aromatic carbocycles. The first-order chi connectivity index (χ1) is 11.3. The Labute approximate surface area is 139 Å². The van der Waals surface area contributed by atoms with E-state index in [0.717, 1.165) is 31.5 Å². The number of carbonyl (C=O) groups excluding carboxylic acids is 1. The van der Waals surface area contributed by atoms with Crippen LogP contribution in [0.25, 0.3) is 0 Å². The van der Waals surface area contributed by atoms with E-state index in [1.165, 1.54) is 38.0 Å². The van der Waals surface area contributed by atoms with Crippen LogP contribution < -0.4 is 10.2 Å². The molecule has 2 saturated heterocycles. The predicted octanol–water partition coefficient (Wildman–Crippen LogP) is 3.49. The fourth-order valence-electron chi connectivity index (χ4n) is 3.80. The molecule has 126 valence electrons. The van der Waals surface area contributed by atoms with Crippen LogP contribution in [0.15, 0.2) is 24.3 Å². The Bertz CT molecular complexity index is 508. The first-order valence-corrected chi connectivity index (χ1v) is 9.16. The molecule has 2 aliphatic rings. The number of rotatable bonds is 5. The third-order valence-corrected chi connectivity index (χ3v) is 5.20. The minimum Gasteiger partial charge on any atom is -0.376 e. The van der Waals surface area contributed by atoms with Gasteiger partial charge in [-0.1, -0.05) is 6.92 Å². The normalized spacial score (nSPS) is 21.5. The first-order valence-electron chi connectivity index (χ1n) is 9.16. The van der Waals surface area contributed by atoms with Gasteiger partial charge in [0.15, 0.2) is 0 Å². The molecule has 2 heterocycles. The highest BCUT2D eigenvalue weighted by molar-refractivity contribution is 5.81. The van der Waals surface area contributed by atoms with Crippen molar-refractivity contribution in [1.82, 2.24) is 4.90 Å². The van der Waals surface area contributed by atoms with E-state index in [4.69, 9.17) is 0 Å². The predicted molar refractivity (Wildman–Crippen MR) is 96.0 cm³/mol.